The molecular formula is C18H31NO2. The maximum Gasteiger partial charge on any atom is 0.119 e. The second-order valence-corrected chi connectivity index (χ2v) is 5.43. The van der Waals surface area contributed by atoms with Crippen LogP contribution in [-0.2, 0) is 11.3 Å². The van der Waals surface area contributed by atoms with Crippen LogP contribution in [0.3, 0.4) is 0 Å². The second-order valence-electron chi connectivity index (χ2n) is 5.43. The summed E-state index contributed by atoms with van der Waals surface area (Å²) in [6, 6.07) is 8.34. The van der Waals surface area contributed by atoms with Crippen molar-refractivity contribution in [2.75, 3.05) is 26.9 Å². The van der Waals surface area contributed by atoms with Gasteiger partial charge in [-0.05, 0) is 24.1 Å². The quantitative estimate of drug-likeness (QED) is 0.554. The van der Waals surface area contributed by atoms with E-state index in [9.17, 15) is 0 Å². The number of hydrogen-bond acceptors (Lipinski definition) is 3. The van der Waals surface area contributed by atoms with Crippen molar-refractivity contribution in [2.24, 2.45) is 0 Å². The molecule has 0 saturated heterocycles. The average molecular weight is 293 g/mol. The van der Waals surface area contributed by atoms with Gasteiger partial charge in [0.1, 0.15) is 5.75 Å². The third-order valence-electron chi connectivity index (χ3n) is 3.48. The standard InChI is InChI=1S/C18H31NO2/c1-3-4-5-6-7-8-13-21-18-11-9-10-17(15-18)16-19-12-14-20-2/h9-11,15,19H,3-8,12-14,16H2,1-2H3. The van der Waals surface area contributed by atoms with Crippen molar-refractivity contribution in [3.63, 3.8) is 0 Å². The van der Waals surface area contributed by atoms with E-state index in [1.807, 2.05) is 6.07 Å². The third-order valence-corrected chi connectivity index (χ3v) is 3.48. The molecule has 0 atom stereocenters. The van der Waals surface area contributed by atoms with E-state index in [0.29, 0.717) is 0 Å². The van der Waals surface area contributed by atoms with Crippen LogP contribution in [0.4, 0.5) is 0 Å². The lowest BCUT2D eigenvalue weighted by Crippen LogP contribution is -2.18. The lowest BCUT2D eigenvalue weighted by Gasteiger charge is -2.09. The highest BCUT2D eigenvalue weighted by atomic mass is 16.5. The highest BCUT2D eigenvalue weighted by Crippen LogP contribution is 2.14. The van der Waals surface area contributed by atoms with E-state index >= 15 is 0 Å². The predicted molar refractivity (Wildman–Crippen MR) is 88.9 cm³/mol. The van der Waals surface area contributed by atoms with Crippen molar-refractivity contribution < 1.29 is 9.47 Å². The van der Waals surface area contributed by atoms with Gasteiger partial charge in [0.05, 0.1) is 13.2 Å². The fourth-order valence-electron chi connectivity index (χ4n) is 2.22. The number of unbranched alkanes of at least 4 members (excludes halogenated alkanes) is 5. The first-order valence-corrected chi connectivity index (χ1v) is 8.28. The lowest BCUT2D eigenvalue weighted by molar-refractivity contribution is 0.199. The fourth-order valence-corrected chi connectivity index (χ4v) is 2.22. The zero-order valence-corrected chi connectivity index (χ0v) is 13.7. The SMILES string of the molecule is CCCCCCCCOc1cccc(CNCCOC)c1. The molecule has 21 heavy (non-hydrogen) atoms. The first-order chi connectivity index (χ1) is 10.4. The summed E-state index contributed by atoms with van der Waals surface area (Å²) >= 11 is 0. The van der Waals surface area contributed by atoms with Crippen LogP contribution in [0.25, 0.3) is 0 Å². The van der Waals surface area contributed by atoms with Crippen molar-refractivity contribution in [1.29, 1.82) is 0 Å². The Kier molecular flexibility index (Phi) is 10.8. The monoisotopic (exact) mass is 293 g/mol. The number of methoxy groups -OCH3 is 1. The number of ether oxygens (including phenoxy) is 2. The summed E-state index contributed by atoms with van der Waals surface area (Å²) in [5.74, 6) is 0.981. The van der Waals surface area contributed by atoms with Crippen LogP contribution in [0.15, 0.2) is 24.3 Å². The summed E-state index contributed by atoms with van der Waals surface area (Å²) in [6.45, 7) is 5.55. The number of nitrogens with one attached hydrogen (secondary N) is 1. The van der Waals surface area contributed by atoms with E-state index in [1.54, 1.807) is 7.11 Å². The first kappa shape index (κ1) is 18.0. The topological polar surface area (TPSA) is 30.5 Å². The van der Waals surface area contributed by atoms with Crippen molar-refractivity contribution in [3.8, 4) is 5.75 Å². The van der Waals surface area contributed by atoms with Gasteiger partial charge in [-0.1, -0.05) is 51.2 Å². The molecule has 1 N–H and O–H groups in total. The van der Waals surface area contributed by atoms with Gasteiger partial charge in [-0.25, -0.2) is 0 Å². The zero-order chi connectivity index (χ0) is 15.2. The van der Waals surface area contributed by atoms with Crippen LogP contribution in [0.2, 0.25) is 0 Å². The van der Waals surface area contributed by atoms with Gasteiger partial charge in [-0.15, -0.1) is 0 Å². The summed E-state index contributed by atoms with van der Waals surface area (Å²) in [7, 11) is 1.72. The van der Waals surface area contributed by atoms with Crippen LogP contribution < -0.4 is 10.1 Å². The van der Waals surface area contributed by atoms with Gasteiger partial charge in [0.25, 0.3) is 0 Å². The van der Waals surface area contributed by atoms with Crippen molar-refractivity contribution >= 4 is 0 Å². The van der Waals surface area contributed by atoms with Crippen molar-refractivity contribution in [2.45, 2.75) is 52.0 Å². The highest BCUT2D eigenvalue weighted by Gasteiger charge is 1.97. The Morgan fingerprint density at radius 1 is 1.00 bits per heavy atom. The minimum absolute atomic E-state index is 0.744. The summed E-state index contributed by atoms with van der Waals surface area (Å²) in [5.41, 5.74) is 1.26. The molecule has 1 rings (SSSR count). The fraction of sp³-hybridized carbons (Fsp3) is 0.667. The zero-order valence-electron chi connectivity index (χ0n) is 13.7. The first-order valence-electron chi connectivity index (χ1n) is 8.28. The Balaban J connectivity index is 2.14. The summed E-state index contributed by atoms with van der Waals surface area (Å²) in [5, 5.41) is 3.35. The smallest absolute Gasteiger partial charge is 0.119 e. The van der Waals surface area contributed by atoms with Crippen LogP contribution in [0.1, 0.15) is 51.0 Å². The number of rotatable bonds is 13. The van der Waals surface area contributed by atoms with Gasteiger partial charge >= 0.3 is 0 Å². The largest absolute Gasteiger partial charge is 0.494 e. The molecule has 0 aliphatic rings. The van der Waals surface area contributed by atoms with Crippen LogP contribution in [0.5, 0.6) is 5.75 Å². The molecule has 0 bridgehead atoms. The molecule has 0 fully saturated rings. The maximum absolute atomic E-state index is 5.83. The summed E-state index contributed by atoms with van der Waals surface area (Å²) in [4.78, 5) is 0. The van der Waals surface area contributed by atoms with Gasteiger partial charge in [0.15, 0.2) is 0 Å². The van der Waals surface area contributed by atoms with E-state index < -0.39 is 0 Å². The molecule has 0 radical (unpaired) electrons. The molecule has 0 aliphatic carbocycles. The van der Waals surface area contributed by atoms with E-state index in [1.165, 1.54) is 37.7 Å². The van der Waals surface area contributed by atoms with Crippen LogP contribution in [-0.4, -0.2) is 26.9 Å². The number of hydrogen-bond donors (Lipinski definition) is 1. The molecule has 0 unspecified atom stereocenters. The normalized spacial score (nSPS) is 10.8. The third kappa shape index (κ3) is 9.48. The molecule has 0 aromatic heterocycles. The Hall–Kier alpha value is -1.06. The molecular weight excluding hydrogens is 262 g/mol. The molecule has 120 valence electrons. The Morgan fingerprint density at radius 3 is 2.62 bits per heavy atom. The molecule has 3 nitrogen and oxygen atoms in total. The summed E-state index contributed by atoms with van der Waals surface area (Å²) < 4.78 is 10.8. The van der Waals surface area contributed by atoms with Gasteiger partial charge in [0.2, 0.25) is 0 Å². The van der Waals surface area contributed by atoms with Crippen LogP contribution >= 0.6 is 0 Å². The average Bonchev–Trinajstić information content (AvgIpc) is 2.51. The Labute approximate surface area is 130 Å². The molecule has 0 spiro atoms. The summed E-state index contributed by atoms with van der Waals surface area (Å²) in [6.07, 6.45) is 7.79. The van der Waals surface area contributed by atoms with Crippen molar-refractivity contribution in [1.82, 2.24) is 5.32 Å². The van der Waals surface area contributed by atoms with Crippen LogP contribution in [0, 0.1) is 0 Å². The number of benzene rings is 1. The molecule has 1 aromatic rings. The molecule has 0 amide bonds. The second kappa shape index (κ2) is 12.7. The van der Waals surface area contributed by atoms with Gasteiger partial charge in [0, 0.05) is 20.2 Å². The maximum atomic E-state index is 5.83. The Bertz CT molecular complexity index is 355. The molecule has 3 heteroatoms. The lowest BCUT2D eigenvalue weighted by atomic mass is 10.1. The minimum Gasteiger partial charge on any atom is -0.494 e. The molecule has 0 saturated carbocycles. The highest BCUT2D eigenvalue weighted by molar-refractivity contribution is 5.28. The predicted octanol–water partition coefficient (Wildman–Crippen LogP) is 4.16. The van der Waals surface area contributed by atoms with Crippen molar-refractivity contribution in [3.05, 3.63) is 29.8 Å². The molecule has 0 heterocycles. The van der Waals surface area contributed by atoms with E-state index in [0.717, 1.165) is 38.5 Å². The van der Waals surface area contributed by atoms with Gasteiger partial charge in [-0.2, -0.15) is 0 Å². The van der Waals surface area contributed by atoms with Gasteiger partial charge < -0.3 is 14.8 Å². The molecule has 1 aromatic carbocycles. The Morgan fingerprint density at radius 2 is 1.81 bits per heavy atom. The van der Waals surface area contributed by atoms with Gasteiger partial charge in [-0.3, -0.25) is 0 Å². The van der Waals surface area contributed by atoms with E-state index in [-0.39, 0.29) is 0 Å². The minimum atomic E-state index is 0.744. The molecule has 0 aliphatic heterocycles. The van der Waals surface area contributed by atoms with E-state index in [2.05, 4.69) is 30.4 Å². The van der Waals surface area contributed by atoms with E-state index in [4.69, 9.17) is 9.47 Å².